The summed E-state index contributed by atoms with van der Waals surface area (Å²) in [6.07, 6.45) is 5.48. The number of rotatable bonds is 5. The zero-order valence-electron chi connectivity index (χ0n) is 15.5. The molecule has 9 heteroatoms. The Morgan fingerprint density at radius 3 is 2.52 bits per heavy atom. The van der Waals surface area contributed by atoms with Crippen LogP contribution in [0, 0.1) is 0 Å². The number of phenolic OH excluding ortho intramolecular Hbond substituents is 1. The van der Waals surface area contributed by atoms with Gasteiger partial charge in [0.15, 0.2) is 5.82 Å². The summed E-state index contributed by atoms with van der Waals surface area (Å²) in [4.78, 5) is 4.38. The first-order valence-corrected chi connectivity index (χ1v) is 11.2. The zero-order valence-corrected chi connectivity index (χ0v) is 17.1. The van der Waals surface area contributed by atoms with Crippen molar-refractivity contribution in [2.24, 2.45) is 0 Å². The van der Waals surface area contributed by atoms with E-state index >= 15 is 0 Å². The van der Waals surface area contributed by atoms with Crippen molar-refractivity contribution in [2.45, 2.75) is 42.9 Å². The van der Waals surface area contributed by atoms with Crippen LogP contribution in [0.1, 0.15) is 43.8 Å². The standard InChI is InChI=1S/C20H20ClN3O4S/c21-14-6-8-15(9-7-14)24-29(26,27)16-10-11-18(25)17(12-16)20-22-19(23-28-20)13-4-2-1-3-5-13/h6-13,24-25H,1-5H2. The van der Waals surface area contributed by atoms with Gasteiger partial charge in [-0.25, -0.2) is 8.42 Å². The SMILES string of the molecule is O=S(=O)(Nc1ccc(Cl)cc1)c1ccc(O)c(-c2nc(C3CCCCC3)no2)c1. The highest BCUT2D eigenvalue weighted by atomic mass is 35.5. The number of hydrogen-bond donors (Lipinski definition) is 2. The highest BCUT2D eigenvalue weighted by Crippen LogP contribution is 2.35. The molecule has 1 saturated carbocycles. The van der Waals surface area contributed by atoms with Crippen LogP contribution in [0.5, 0.6) is 5.75 Å². The maximum absolute atomic E-state index is 12.7. The van der Waals surface area contributed by atoms with Crippen LogP contribution in [-0.2, 0) is 10.0 Å². The van der Waals surface area contributed by atoms with Crippen molar-refractivity contribution >= 4 is 27.3 Å². The van der Waals surface area contributed by atoms with Crippen molar-refractivity contribution < 1.29 is 18.0 Å². The highest BCUT2D eigenvalue weighted by molar-refractivity contribution is 7.92. The molecular weight excluding hydrogens is 414 g/mol. The lowest BCUT2D eigenvalue weighted by atomic mass is 9.89. The van der Waals surface area contributed by atoms with Crippen LogP contribution in [0.2, 0.25) is 5.02 Å². The normalized spacial score (nSPS) is 15.3. The van der Waals surface area contributed by atoms with E-state index in [1.165, 1.54) is 24.6 Å². The van der Waals surface area contributed by atoms with E-state index in [1.54, 1.807) is 24.3 Å². The van der Waals surface area contributed by atoms with Crippen LogP contribution in [0.3, 0.4) is 0 Å². The molecular formula is C20H20ClN3O4S. The van der Waals surface area contributed by atoms with Crippen molar-refractivity contribution in [3.8, 4) is 17.2 Å². The van der Waals surface area contributed by atoms with Gasteiger partial charge in [-0.05, 0) is 55.3 Å². The van der Waals surface area contributed by atoms with E-state index in [1.807, 2.05) is 0 Å². The van der Waals surface area contributed by atoms with Gasteiger partial charge in [-0.3, -0.25) is 4.72 Å². The Morgan fingerprint density at radius 1 is 1.07 bits per heavy atom. The number of anilines is 1. The minimum absolute atomic E-state index is 0.0299. The summed E-state index contributed by atoms with van der Waals surface area (Å²) in [5.41, 5.74) is 0.556. The van der Waals surface area contributed by atoms with Crippen LogP contribution in [0.25, 0.3) is 11.5 Å². The van der Waals surface area contributed by atoms with Gasteiger partial charge in [0.25, 0.3) is 15.9 Å². The molecule has 0 spiro atoms. The van der Waals surface area contributed by atoms with E-state index in [0.29, 0.717) is 16.5 Å². The van der Waals surface area contributed by atoms with Gasteiger partial charge < -0.3 is 9.63 Å². The van der Waals surface area contributed by atoms with Crippen molar-refractivity contribution in [1.29, 1.82) is 0 Å². The quantitative estimate of drug-likeness (QED) is 0.590. The summed E-state index contributed by atoms with van der Waals surface area (Å²) < 4.78 is 33.3. The number of phenols is 1. The minimum atomic E-state index is -3.88. The molecule has 1 aliphatic carbocycles. The fraction of sp³-hybridized carbons (Fsp3) is 0.300. The fourth-order valence-electron chi connectivity index (χ4n) is 3.46. The lowest BCUT2D eigenvalue weighted by Crippen LogP contribution is -2.13. The number of nitrogens with one attached hydrogen (secondary N) is 1. The van der Waals surface area contributed by atoms with E-state index in [4.69, 9.17) is 16.1 Å². The van der Waals surface area contributed by atoms with Gasteiger partial charge in [0, 0.05) is 16.6 Å². The predicted molar refractivity (Wildman–Crippen MR) is 109 cm³/mol. The van der Waals surface area contributed by atoms with Crippen LogP contribution >= 0.6 is 11.6 Å². The number of hydrogen-bond acceptors (Lipinski definition) is 6. The molecule has 0 unspecified atom stereocenters. The Labute approximate surface area is 173 Å². The smallest absolute Gasteiger partial charge is 0.261 e. The molecule has 7 nitrogen and oxygen atoms in total. The van der Waals surface area contributed by atoms with Gasteiger partial charge in [0.1, 0.15) is 5.75 Å². The number of benzene rings is 2. The molecule has 1 aliphatic rings. The first-order valence-electron chi connectivity index (χ1n) is 9.38. The first kappa shape index (κ1) is 19.7. The number of nitrogens with zero attached hydrogens (tertiary/aromatic N) is 2. The van der Waals surface area contributed by atoms with Crippen LogP contribution in [0.15, 0.2) is 51.9 Å². The molecule has 1 fully saturated rings. The molecule has 4 rings (SSSR count). The Balaban J connectivity index is 1.62. The molecule has 152 valence electrons. The topological polar surface area (TPSA) is 105 Å². The number of aromatic nitrogens is 2. The lowest BCUT2D eigenvalue weighted by molar-refractivity contribution is 0.384. The van der Waals surface area contributed by atoms with Crippen LogP contribution in [0.4, 0.5) is 5.69 Å². The molecule has 0 saturated heterocycles. The first-order chi connectivity index (χ1) is 13.9. The molecule has 29 heavy (non-hydrogen) atoms. The summed E-state index contributed by atoms with van der Waals surface area (Å²) in [6, 6.07) is 10.3. The Bertz CT molecular complexity index is 1110. The largest absolute Gasteiger partial charge is 0.507 e. The third-order valence-corrected chi connectivity index (χ3v) is 6.65. The Hall–Kier alpha value is -2.58. The molecule has 0 atom stereocenters. The summed E-state index contributed by atoms with van der Waals surface area (Å²) in [5, 5.41) is 14.8. The second kappa shape index (κ2) is 8.04. The average Bonchev–Trinajstić information content (AvgIpc) is 3.20. The molecule has 0 bridgehead atoms. The maximum atomic E-state index is 12.7. The molecule has 3 aromatic rings. The molecule has 2 aromatic carbocycles. The van der Waals surface area contributed by atoms with Gasteiger partial charge in [0.05, 0.1) is 10.5 Å². The van der Waals surface area contributed by atoms with Gasteiger partial charge in [0.2, 0.25) is 0 Å². The van der Waals surface area contributed by atoms with Crippen molar-refractivity contribution in [3.05, 3.63) is 53.3 Å². The maximum Gasteiger partial charge on any atom is 0.261 e. The third-order valence-electron chi connectivity index (χ3n) is 5.02. The summed E-state index contributed by atoms with van der Waals surface area (Å²) in [6.45, 7) is 0. The van der Waals surface area contributed by atoms with E-state index < -0.39 is 10.0 Å². The minimum Gasteiger partial charge on any atom is -0.507 e. The van der Waals surface area contributed by atoms with Gasteiger partial charge in [-0.1, -0.05) is 36.0 Å². The van der Waals surface area contributed by atoms with Gasteiger partial charge in [-0.2, -0.15) is 4.98 Å². The summed E-state index contributed by atoms with van der Waals surface area (Å²) in [7, 11) is -3.88. The third kappa shape index (κ3) is 4.38. The summed E-state index contributed by atoms with van der Waals surface area (Å²) in [5.74, 6) is 0.814. The Morgan fingerprint density at radius 2 is 1.79 bits per heavy atom. The summed E-state index contributed by atoms with van der Waals surface area (Å²) >= 11 is 5.84. The fourth-order valence-corrected chi connectivity index (χ4v) is 4.67. The van der Waals surface area contributed by atoms with Crippen molar-refractivity contribution in [3.63, 3.8) is 0 Å². The van der Waals surface area contributed by atoms with E-state index in [0.717, 1.165) is 25.7 Å². The monoisotopic (exact) mass is 433 g/mol. The Kier molecular flexibility index (Phi) is 5.47. The number of sulfonamides is 1. The van der Waals surface area contributed by atoms with E-state index in [2.05, 4.69) is 14.9 Å². The van der Waals surface area contributed by atoms with Gasteiger partial charge >= 0.3 is 0 Å². The molecule has 0 aliphatic heterocycles. The van der Waals surface area contributed by atoms with Crippen LogP contribution in [-0.4, -0.2) is 23.7 Å². The average molecular weight is 434 g/mol. The van der Waals surface area contributed by atoms with Crippen molar-refractivity contribution in [2.75, 3.05) is 4.72 Å². The number of halogens is 1. The predicted octanol–water partition coefficient (Wildman–Crippen LogP) is 4.94. The van der Waals surface area contributed by atoms with E-state index in [9.17, 15) is 13.5 Å². The molecule has 0 radical (unpaired) electrons. The highest BCUT2D eigenvalue weighted by Gasteiger charge is 2.24. The molecule has 0 amide bonds. The van der Waals surface area contributed by atoms with E-state index in [-0.39, 0.29) is 28.0 Å². The number of aromatic hydroxyl groups is 1. The second-order valence-corrected chi connectivity index (χ2v) is 9.20. The van der Waals surface area contributed by atoms with Gasteiger partial charge in [-0.15, -0.1) is 0 Å². The molecule has 1 heterocycles. The molecule has 2 N–H and O–H groups in total. The van der Waals surface area contributed by atoms with Crippen LogP contribution < -0.4 is 4.72 Å². The zero-order chi connectivity index (χ0) is 20.4. The molecule has 1 aromatic heterocycles. The van der Waals surface area contributed by atoms with Crippen molar-refractivity contribution in [1.82, 2.24) is 10.1 Å². The second-order valence-electron chi connectivity index (χ2n) is 7.08. The lowest BCUT2D eigenvalue weighted by Gasteiger charge is -2.17.